The molecule has 1 heterocycles. The van der Waals surface area contributed by atoms with Crippen LogP contribution in [-0.4, -0.2) is 31.6 Å². The molecule has 2 amide bonds. The second kappa shape index (κ2) is 7.86. The number of rotatable bonds is 4. The maximum atomic E-state index is 13.3. The highest BCUT2D eigenvalue weighted by molar-refractivity contribution is 6.74. The lowest BCUT2D eigenvalue weighted by Crippen LogP contribution is -2.59. The summed E-state index contributed by atoms with van der Waals surface area (Å²) >= 11 is 0. The summed E-state index contributed by atoms with van der Waals surface area (Å²) in [6, 6.07) is 6.69. The maximum Gasteiger partial charge on any atom is 0.250 e. The van der Waals surface area contributed by atoms with Crippen molar-refractivity contribution in [3.63, 3.8) is 0 Å². The predicted molar refractivity (Wildman–Crippen MR) is 131 cm³/mol. The molecule has 3 unspecified atom stereocenters. The third-order valence-electron chi connectivity index (χ3n) is 9.01. The van der Waals surface area contributed by atoms with E-state index in [-0.39, 0.29) is 22.8 Å². The lowest BCUT2D eigenvalue weighted by Gasteiger charge is -2.54. The van der Waals surface area contributed by atoms with E-state index in [1.807, 2.05) is 0 Å². The molecule has 1 aromatic carbocycles. The summed E-state index contributed by atoms with van der Waals surface area (Å²) in [6.07, 6.45) is 6.04. The number of aryl methyl sites for hydroxylation is 1. The van der Waals surface area contributed by atoms with Crippen LogP contribution in [-0.2, 0) is 16.0 Å². The summed E-state index contributed by atoms with van der Waals surface area (Å²) in [7, 11) is -1.87. The average molecular weight is 454 g/mol. The molecule has 4 atom stereocenters. The highest BCUT2D eigenvalue weighted by atomic mass is 28.4. The molecular formula is C27H39NO3Si. The monoisotopic (exact) mass is 453 g/mol. The van der Waals surface area contributed by atoms with Gasteiger partial charge in [0, 0.05) is 13.0 Å². The largest absolute Gasteiger partial charge is 0.543 e. The van der Waals surface area contributed by atoms with Crippen molar-refractivity contribution in [1.82, 2.24) is 4.90 Å². The second-order valence-corrected chi connectivity index (χ2v) is 16.6. The quantitative estimate of drug-likeness (QED) is 0.315. The molecule has 0 aromatic heterocycles. The minimum atomic E-state index is -1.87. The Bertz CT molecular complexity index is 947. The number of piperidine rings is 1. The van der Waals surface area contributed by atoms with Crippen molar-refractivity contribution in [2.75, 3.05) is 6.54 Å². The Morgan fingerprint density at radius 3 is 2.62 bits per heavy atom. The first kappa shape index (κ1) is 23.3. The van der Waals surface area contributed by atoms with Crippen LogP contribution >= 0.6 is 0 Å². The number of amides is 2. The fourth-order valence-electron chi connectivity index (χ4n) is 6.07. The van der Waals surface area contributed by atoms with Gasteiger partial charge >= 0.3 is 0 Å². The Labute approximate surface area is 194 Å². The molecule has 1 aliphatic heterocycles. The molecule has 0 radical (unpaired) electrons. The third kappa shape index (κ3) is 3.66. The van der Waals surface area contributed by atoms with Gasteiger partial charge in [-0.3, -0.25) is 14.5 Å². The fraction of sp³-hybridized carbons (Fsp3) is 0.630. The maximum absolute atomic E-state index is 13.3. The Morgan fingerprint density at radius 2 is 1.97 bits per heavy atom. The zero-order chi connectivity index (χ0) is 23.5. The first-order chi connectivity index (χ1) is 14.9. The minimum absolute atomic E-state index is 0.0148. The Morgan fingerprint density at radius 1 is 1.25 bits per heavy atom. The summed E-state index contributed by atoms with van der Waals surface area (Å²) in [4.78, 5) is 27.6. The van der Waals surface area contributed by atoms with Gasteiger partial charge in [0.1, 0.15) is 5.75 Å². The van der Waals surface area contributed by atoms with Crippen molar-refractivity contribution in [2.45, 2.75) is 83.8 Å². The van der Waals surface area contributed by atoms with Gasteiger partial charge in [0.15, 0.2) is 0 Å². The smallest absolute Gasteiger partial charge is 0.250 e. The van der Waals surface area contributed by atoms with E-state index < -0.39 is 13.7 Å². The fourth-order valence-corrected chi connectivity index (χ4v) is 7.09. The van der Waals surface area contributed by atoms with E-state index in [0.29, 0.717) is 24.8 Å². The third-order valence-corrected chi connectivity index (χ3v) is 13.4. The Hall–Kier alpha value is -1.88. The van der Waals surface area contributed by atoms with E-state index in [9.17, 15) is 9.59 Å². The molecular weight excluding hydrogens is 414 g/mol. The Balaban J connectivity index is 1.59. The number of fused-ring (bicyclic) bond motifs is 5. The van der Waals surface area contributed by atoms with Gasteiger partial charge < -0.3 is 4.43 Å². The van der Waals surface area contributed by atoms with E-state index in [1.165, 1.54) is 16.0 Å². The van der Waals surface area contributed by atoms with Crippen LogP contribution in [0.2, 0.25) is 18.1 Å². The van der Waals surface area contributed by atoms with Gasteiger partial charge in [0.2, 0.25) is 20.1 Å². The Kier molecular flexibility index (Phi) is 5.72. The predicted octanol–water partition coefficient (Wildman–Crippen LogP) is 6.08. The van der Waals surface area contributed by atoms with Crippen LogP contribution in [0.4, 0.5) is 0 Å². The molecule has 0 bridgehead atoms. The van der Waals surface area contributed by atoms with E-state index in [2.05, 4.69) is 65.6 Å². The molecule has 32 heavy (non-hydrogen) atoms. The number of carbonyl (C=O) groups is 2. The zero-order valence-corrected chi connectivity index (χ0v) is 21.7. The minimum Gasteiger partial charge on any atom is -0.543 e. The van der Waals surface area contributed by atoms with Crippen LogP contribution in [0, 0.1) is 17.3 Å². The van der Waals surface area contributed by atoms with Gasteiger partial charge in [-0.25, -0.2) is 0 Å². The number of hydrogen-bond donors (Lipinski definition) is 0. The van der Waals surface area contributed by atoms with Gasteiger partial charge in [-0.15, -0.1) is 6.58 Å². The van der Waals surface area contributed by atoms with Crippen LogP contribution < -0.4 is 4.43 Å². The van der Waals surface area contributed by atoms with E-state index in [4.69, 9.17) is 4.43 Å². The lowest BCUT2D eigenvalue weighted by molar-refractivity contribution is -0.166. The van der Waals surface area contributed by atoms with Crippen LogP contribution in [0.5, 0.6) is 5.75 Å². The number of benzene rings is 1. The van der Waals surface area contributed by atoms with Crippen LogP contribution in [0.3, 0.4) is 0 Å². The van der Waals surface area contributed by atoms with Gasteiger partial charge in [-0.2, -0.15) is 0 Å². The summed E-state index contributed by atoms with van der Waals surface area (Å²) in [6.45, 7) is 17.5. The number of hydrogen-bond acceptors (Lipinski definition) is 3. The molecule has 0 spiro atoms. The zero-order valence-electron chi connectivity index (χ0n) is 20.7. The first-order valence-electron chi connectivity index (χ1n) is 12.2. The molecule has 4 rings (SSSR count). The van der Waals surface area contributed by atoms with Crippen molar-refractivity contribution in [1.29, 1.82) is 0 Å². The first-order valence-corrected chi connectivity index (χ1v) is 15.1. The van der Waals surface area contributed by atoms with Crippen LogP contribution in [0.25, 0.3) is 0 Å². The molecule has 1 aromatic rings. The van der Waals surface area contributed by atoms with Crippen LogP contribution in [0.15, 0.2) is 30.9 Å². The van der Waals surface area contributed by atoms with Crippen molar-refractivity contribution >= 4 is 20.1 Å². The number of nitrogens with zero attached hydrogens (tertiary/aromatic N) is 1. The standard InChI is InChI=1S/C27H39NO3Si/c1-8-15-28-24(29)17-23-22-11-9-18-16-19(31-32(6,7)26(2,3)4)10-12-20(18)21(22)13-14-27(23,5)25(28)30/h8,10,12,16,21-23H,1,9,11,13-15,17H2,2-7H3/t21?,22?,23?,27-/m0/s1. The van der Waals surface area contributed by atoms with Crippen LogP contribution in [0.1, 0.15) is 70.4 Å². The molecule has 174 valence electrons. The van der Waals surface area contributed by atoms with Gasteiger partial charge in [-0.05, 0) is 84.8 Å². The molecule has 2 fully saturated rings. The second-order valence-electron chi connectivity index (χ2n) is 11.9. The van der Waals surface area contributed by atoms with E-state index >= 15 is 0 Å². The van der Waals surface area contributed by atoms with Gasteiger partial charge in [0.05, 0.1) is 5.41 Å². The SMILES string of the molecule is C=CCN1C(=O)CC2C3CCc4cc(O[Si](C)(C)C(C)(C)C)ccc4C3CC[C@]2(C)C1=O. The highest BCUT2D eigenvalue weighted by Gasteiger charge is 2.57. The van der Waals surface area contributed by atoms with Gasteiger partial charge in [-0.1, -0.05) is 39.8 Å². The molecule has 1 saturated carbocycles. The number of imide groups is 1. The molecule has 3 aliphatic rings. The topological polar surface area (TPSA) is 46.6 Å². The molecule has 5 heteroatoms. The normalized spacial score (nSPS) is 30.3. The van der Waals surface area contributed by atoms with Crippen molar-refractivity contribution in [3.05, 3.63) is 42.0 Å². The molecule has 2 aliphatic carbocycles. The lowest BCUT2D eigenvalue weighted by atomic mass is 9.52. The molecule has 1 saturated heterocycles. The molecule has 4 nitrogen and oxygen atoms in total. The average Bonchev–Trinajstić information content (AvgIpc) is 2.71. The van der Waals surface area contributed by atoms with Crippen molar-refractivity contribution < 1.29 is 14.0 Å². The van der Waals surface area contributed by atoms with E-state index in [1.54, 1.807) is 6.08 Å². The molecule has 0 N–H and O–H groups in total. The summed E-state index contributed by atoms with van der Waals surface area (Å²) in [5, 5.41) is 0.168. The van der Waals surface area contributed by atoms with Crippen molar-refractivity contribution in [3.8, 4) is 5.75 Å². The van der Waals surface area contributed by atoms with Gasteiger partial charge in [0.25, 0.3) is 0 Å². The van der Waals surface area contributed by atoms with Crippen molar-refractivity contribution in [2.24, 2.45) is 17.3 Å². The number of carbonyl (C=O) groups excluding carboxylic acids is 2. The van der Waals surface area contributed by atoms with E-state index in [0.717, 1.165) is 31.4 Å². The summed E-state index contributed by atoms with van der Waals surface area (Å²) in [5.41, 5.74) is 2.38. The highest BCUT2D eigenvalue weighted by Crippen LogP contribution is 2.58. The summed E-state index contributed by atoms with van der Waals surface area (Å²) in [5.74, 6) is 1.96. The number of likely N-dealkylation sites (tertiary alicyclic amines) is 1. The summed E-state index contributed by atoms with van der Waals surface area (Å²) < 4.78 is 6.57.